The van der Waals surface area contributed by atoms with E-state index in [0.29, 0.717) is 6.42 Å². The Bertz CT molecular complexity index is 447. The normalized spacial score (nSPS) is 13.2. The van der Waals surface area contributed by atoms with Gasteiger partial charge in [-0.15, -0.1) is 0 Å². The molecule has 3 heteroatoms. The van der Waals surface area contributed by atoms with Crippen molar-refractivity contribution in [1.82, 2.24) is 5.32 Å². The lowest BCUT2D eigenvalue weighted by Crippen LogP contribution is -2.22. The summed E-state index contributed by atoms with van der Waals surface area (Å²) in [7, 11) is 3.29. The van der Waals surface area contributed by atoms with Crippen LogP contribution in [0.1, 0.15) is 49.9 Å². The van der Waals surface area contributed by atoms with Crippen LogP contribution in [0, 0.1) is 6.92 Å². The standard InChI is InChI=1S/C16H25NO2/c1-11-9-12(16(2,3)4)7-8-13(11)14(17-5)10-15(18)19-6/h7-9,14,17H,10H2,1-6H3. The third kappa shape index (κ3) is 4.06. The van der Waals surface area contributed by atoms with Crippen LogP contribution in [-0.4, -0.2) is 20.1 Å². The first-order valence-corrected chi connectivity index (χ1v) is 6.64. The highest BCUT2D eigenvalue weighted by atomic mass is 16.5. The van der Waals surface area contributed by atoms with E-state index in [1.807, 2.05) is 7.05 Å². The molecule has 0 amide bonds. The molecule has 19 heavy (non-hydrogen) atoms. The number of methoxy groups -OCH3 is 1. The minimum absolute atomic E-state index is 0.00136. The number of carbonyl (C=O) groups excluding carboxylic acids is 1. The van der Waals surface area contributed by atoms with E-state index in [1.165, 1.54) is 18.2 Å². The molecule has 1 unspecified atom stereocenters. The molecule has 0 aliphatic carbocycles. The second-order valence-corrected chi connectivity index (χ2v) is 5.94. The van der Waals surface area contributed by atoms with Crippen LogP contribution in [0.15, 0.2) is 18.2 Å². The molecule has 1 atom stereocenters. The molecule has 0 heterocycles. The fourth-order valence-electron chi connectivity index (χ4n) is 2.15. The molecule has 3 nitrogen and oxygen atoms in total. The summed E-state index contributed by atoms with van der Waals surface area (Å²) >= 11 is 0. The average Bonchev–Trinajstić information content (AvgIpc) is 2.34. The molecule has 1 rings (SSSR count). The molecule has 0 spiro atoms. The monoisotopic (exact) mass is 263 g/mol. The number of rotatable bonds is 4. The van der Waals surface area contributed by atoms with Crippen molar-refractivity contribution in [2.75, 3.05) is 14.2 Å². The molecule has 0 aliphatic rings. The van der Waals surface area contributed by atoms with E-state index < -0.39 is 0 Å². The van der Waals surface area contributed by atoms with Gasteiger partial charge < -0.3 is 10.1 Å². The highest BCUT2D eigenvalue weighted by Crippen LogP contribution is 2.27. The predicted octanol–water partition coefficient (Wildman–Crippen LogP) is 3.12. The lowest BCUT2D eigenvalue weighted by Gasteiger charge is -2.23. The fraction of sp³-hybridized carbons (Fsp3) is 0.562. The van der Waals surface area contributed by atoms with Gasteiger partial charge in [0.15, 0.2) is 0 Å². The zero-order chi connectivity index (χ0) is 14.6. The Labute approximate surface area is 116 Å². The van der Waals surface area contributed by atoms with Crippen LogP contribution in [0.3, 0.4) is 0 Å². The summed E-state index contributed by atoms with van der Waals surface area (Å²) in [6.07, 6.45) is 0.350. The summed E-state index contributed by atoms with van der Waals surface area (Å²) in [6, 6.07) is 6.46. The maximum absolute atomic E-state index is 11.4. The van der Waals surface area contributed by atoms with Crippen LogP contribution in [0.4, 0.5) is 0 Å². The molecule has 1 aromatic rings. The number of aryl methyl sites for hydroxylation is 1. The molecule has 0 saturated carbocycles. The maximum Gasteiger partial charge on any atom is 0.307 e. The van der Waals surface area contributed by atoms with E-state index in [1.54, 1.807) is 0 Å². The van der Waals surface area contributed by atoms with Crippen molar-refractivity contribution >= 4 is 5.97 Å². The van der Waals surface area contributed by atoms with E-state index in [-0.39, 0.29) is 17.4 Å². The number of ether oxygens (including phenoxy) is 1. The minimum atomic E-state index is -0.196. The second-order valence-electron chi connectivity index (χ2n) is 5.94. The zero-order valence-corrected chi connectivity index (χ0v) is 12.8. The molecule has 1 aromatic carbocycles. The Balaban J connectivity index is 3.03. The topological polar surface area (TPSA) is 38.3 Å². The Morgan fingerprint density at radius 3 is 2.42 bits per heavy atom. The van der Waals surface area contributed by atoms with Gasteiger partial charge in [0.25, 0.3) is 0 Å². The van der Waals surface area contributed by atoms with Crippen LogP contribution in [-0.2, 0) is 14.9 Å². The third-order valence-electron chi connectivity index (χ3n) is 3.46. The van der Waals surface area contributed by atoms with Crippen molar-refractivity contribution in [3.05, 3.63) is 34.9 Å². The number of nitrogens with one attached hydrogen (secondary N) is 1. The van der Waals surface area contributed by atoms with Crippen LogP contribution in [0.5, 0.6) is 0 Å². The Kier molecular flexibility index (Phi) is 5.12. The highest BCUT2D eigenvalue weighted by molar-refractivity contribution is 5.70. The molecule has 0 bridgehead atoms. The van der Waals surface area contributed by atoms with Crippen molar-refractivity contribution < 1.29 is 9.53 Å². The molecule has 0 aliphatic heterocycles. The van der Waals surface area contributed by atoms with Gasteiger partial charge in [-0.2, -0.15) is 0 Å². The van der Waals surface area contributed by atoms with Gasteiger partial charge in [-0.1, -0.05) is 39.0 Å². The lowest BCUT2D eigenvalue weighted by atomic mass is 9.84. The lowest BCUT2D eigenvalue weighted by molar-refractivity contribution is -0.141. The summed E-state index contributed by atoms with van der Waals surface area (Å²) in [4.78, 5) is 11.4. The van der Waals surface area contributed by atoms with E-state index in [9.17, 15) is 4.79 Å². The molecular weight excluding hydrogens is 238 g/mol. The van der Waals surface area contributed by atoms with E-state index in [0.717, 1.165) is 5.56 Å². The summed E-state index contributed by atoms with van der Waals surface area (Å²) in [5.74, 6) is -0.196. The largest absolute Gasteiger partial charge is 0.469 e. The average molecular weight is 263 g/mol. The SMILES string of the molecule is CNC(CC(=O)OC)c1ccc(C(C)(C)C)cc1C. The molecule has 0 radical (unpaired) electrons. The van der Waals surface area contributed by atoms with Crippen LogP contribution >= 0.6 is 0 Å². The Hall–Kier alpha value is -1.35. The van der Waals surface area contributed by atoms with Gasteiger partial charge >= 0.3 is 5.97 Å². The van der Waals surface area contributed by atoms with Crippen molar-refractivity contribution in [1.29, 1.82) is 0 Å². The van der Waals surface area contributed by atoms with Gasteiger partial charge in [0.05, 0.1) is 13.5 Å². The quantitative estimate of drug-likeness (QED) is 0.848. The van der Waals surface area contributed by atoms with Gasteiger partial charge in [0.2, 0.25) is 0 Å². The summed E-state index contributed by atoms with van der Waals surface area (Å²) < 4.78 is 4.74. The van der Waals surface area contributed by atoms with Gasteiger partial charge in [0.1, 0.15) is 0 Å². The number of benzene rings is 1. The van der Waals surface area contributed by atoms with Gasteiger partial charge in [-0.05, 0) is 36.1 Å². The Morgan fingerprint density at radius 1 is 1.37 bits per heavy atom. The van der Waals surface area contributed by atoms with Crippen LogP contribution < -0.4 is 5.32 Å². The van der Waals surface area contributed by atoms with Crippen molar-refractivity contribution in [2.45, 2.75) is 45.6 Å². The Morgan fingerprint density at radius 2 is 2.00 bits per heavy atom. The van der Waals surface area contributed by atoms with Crippen LogP contribution in [0.2, 0.25) is 0 Å². The fourth-order valence-corrected chi connectivity index (χ4v) is 2.15. The molecule has 106 valence electrons. The maximum atomic E-state index is 11.4. The van der Waals surface area contributed by atoms with Crippen molar-refractivity contribution in [2.24, 2.45) is 0 Å². The highest BCUT2D eigenvalue weighted by Gasteiger charge is 2.19. The molecule has 0 saturated heterocycles. The predicted molar refractivity (Wildman–Crippen MR) is 78.3 cm³/mol. The minimum Gasteiger partial charge on any atom is -0.469 e. The first-order valence-electron chi connectivity index (χ1n) is 6.64. The zero-order valence-electron chi connectivity index (χ0n) is 12.8. The van der Waals surface area contributed by atoms with Crippen molar-refractivity contribution in [3.63, 3.8) is 0 Å². The molecular formula is C16H25NO2. The second kappa shape index (κ2) is 6.20. The van der Waals surface area contributed by atoms with Gasteiger partial charge in [-0.25, -0.2) is 0 Å². The molecule has 1 N–H and O–H groups in total. The molecule has 0 aromatic heterocycles. The summed E-state index contributed by atoms with van der Waals surface area (Å²) in [5.41, 5.74) is 3.80. The molecule has 0 fully saturated rings. The third-order valence-corrected chi connectivity index (χ3v) is 3.46. The van der Waals surface area contributed by atoms with Crippen molar-refractivity contribution in [3.8, 4) is 0 Å². The van der Waals surface area contributed by atoms with E-state index in [4.69, 9.17) is 4.74 Å². The number of esters is 1. The smallest absolute Gasteiger partial charge is 0.307 e. The number of carbonyl (C=O) groups is 1. The van der Waals surface area contributed by atoms with Crippen LogP contribution in [0.25, 0.3) is 0 Å². The van der Waals surface area contributed by atoms with E-state index >= 15 is 0 Å². The first-order chi connectivity index (χ1) is 8.79. The first kappa shape index (κ1) is 15.7. The summed E-state index contributed by atoms with van der Waals surface area (Å²) in [5, 5.41) is 3.18. The number of hydrogen-bond acceptors (Lipinski definition) is 3. The van der Waals surface area contributed by atoms with E-state index in [2.05, 4.69) is 51.2 Å². The van der Waals surface area contributed by atoms with Gasteiger partial charge in [-0.3, -0.25) is 4.79 Å². The van der Waals surface area contributed by atoms with Gasteiger partial charge in [0, 0.05) is 6.04 Å². The summed E-state index contributed by atoms with van der Waals surface area (Å²) in [6.45, 7) is 8.69. The number of hydrogen-bond donors (Lipinski definition) is 1.